The van der Waals surface area contributed by atoms with Gasteiger partial charge in [-0.2, -0.15) is 0 Å². The number of nitrogens with zero attached hydrogens (tertiary/aromatic N) is 5. The molecule has 0 aliphatic carbocycles. The SMILES string of the molecule is CN(C)CCN(C)c1nn(C)c(=O)n(C)c1=O. The summed E-state index contributed by atoms with van der Waals surface area (Å²) in [5.41, 5.74) is -0.783. The van der Waals surface area contributed by atoms with Crippen molar-refractivity contribution in [2.24, 2.45) is 14.1 Å². The van der Waals surface area contributed by atoms with Crippen LogP contribution in [-0.4, -0.2) is 53.5 Å². The van der Waals surface area contributed by atoms with Crippen molar-refractivity contribution >= 4 is 5.82 Å². The zero-order valence-electron chi connectivity index (χ0n) is 11.0. The largest absolute Gasteiger partial charge is 0.352 e. The van der Waals surface area contributed by atoms with Crippen molar-refractivity contribution in [1.82, 2.24) is 19.2 Å². The van der Waals surface area contributed by atoms with Gasteiger partial charge in [0.25, 0.3) is 5.56 Å². The average Bonchev–Trinajstić information content (AvgIpc) is 2.28. The van der Waals surface area contributed by atoms with Crippen LogP contribution in [0.5, 0.6) is 0 Å². The molecule has 1 rings (SSSR count). The maximum absolute atomic E-state index is 11.9. The van der Waals surface area contributed by atoms with Crippen LogP contribution in [0.25, 0.3) is 0 Å². The Hall–Kier alpha value is -1.63. The first-order chi connectivity index (χ1) is 7.84. The van der Waals surface area contributed by atoms with Crippen LogP contribution in [0.2, 0.25) is 0 Å². The van der Waals surface area contributed by atoms with Gasteiger partial charge in [-0.1, -0.05) is 0 Å². The molecule has 7 nitrogen and oxygen atoms in total. The third-order valence-corrected chi connectivity index (χ3v) is 2.55. The van der Waals surface area contributed by atoms with Gasteiger partial charge in [-0.05, 0) is 14.1 Å². The number of hydrogen-bond acceptors (Lipinski definition) is 5. The zero-order chi connectivity index (χ0) is 13.2. The normalized spacial score (nSPS) is 10.9. The fraction of sp³-hybridized carbons (Fsp3) is 0.700. The highest BCUT2D eigenvalue weighted by atomic mass is 16.2. The van der Waals surface area contributed by atoms with E-state index in [1.807, 2.05) is 19.0 Å². The van der Waals surface area contributed by atoms with Crippen molar-refractivity contribution in [2.45, 2.75) is 0 Å². The molecule has 0 saturated heterocycles. The summed E-state index contributed by atoms with van der Waals surface area (Å²) in [7, 11) is 8.69. The zero-order valence-corrected chi connectivity index (χ0v) is 11.0. The lowest BCUT2D eigenvalue weighted by molar-refractivity contribution is 0.415. The first-order valence-electron chi connectivity index (χ1n) is 5.34. The first kappa shape index (κ1) is 13.4. The fourth-order valence-corrected chi connectivity index (χ4v) is 1.38. The van der Waals surface area contributed by atoms with Crippen LogP contribution in [0.4, 0.5) is 5.82 Å². The van der Waals surface area contributed by atoms with E-state index < -0.39 is 5.69 Å². The molecule has 0 amide bonds. The van der Waals surface area contributed by atoms with Gasteiger partial charge in [0.2, 0.25) is 5.82 Å². The Labute approximate surface area is 99.9 Å². The van der Waals surface area contributed by atoms with Crippen LogP contribution < -0.4 is 16.1 Å². The van der Waals surface area contributed by atoms with E-state index >= 15 is 0 Å². The Morgan fingerprint density at radius 2 is 1.71 bits per heavy atom. The van der Waals surface area contributed by atoms with Crippen LogP contribution >= 0.6 is 0 Å². The molecule has 0 atom stereocenters. The van der Waals surface area contributed by atoms with Gasteiger partial charge in [0, 0.05) is 34.2 Å². The van der Waals surface area contributed by atoms with E-state index in [4.69, 9.17) is 0 Å². The molecule has 0 fully saturated rings. The topological polar surface area (TPSA) is 63.4 Å². The number of anilines is 1. The van der Waals surface area contributed by atoms with E-state index in [1.54, 1.807) is 11.9 Å². The smallest absolute Gasteiger partial charge is 0.346 e. The van der Waals surface area contributed by atoms with E-state index in [9.17, 15) is 9.59 Å². The molecule has 0 aliphatic heterocycles. The maximum atomic E-state index is 11.9. The minimum Gasteiger partial charge on any atom is -0.352 e. The summed E-state index contributed by atoms with van der Waals surface area (Å²) in [4.78, 5) is 27.1. The highest BCUT2D eigenvalue weighted by Gasteiger charge is 2.12. The molecule has 17 heavy (non-hydrogen) atoms. The second-order valence-corrected chi connectivity index (χ2v) is 4.32. The Kier molecular flexibility index (Phi) is 4.06. The van der Waals surface area contributed by atoms with Gasteiger partial charge in [-0.3, -0.25) is 9.36 Å². The van der Waals surface area contributed by atoms with Crippen LogP contribution in [0.1, 0.15) is 0 Å². The van der Waals surface area contributed by atoms with Crippen molar-refractivity contribution in [3.63, 3.8) is 0 Å². The first-order valence-corrected chi connectivity index (χ1v) is 5.34. The Morgan fingerprint density at radius 1 is 1.12 bits per heavy atom. The standard InChI is InChI=1S/C10H19N5O2/c1-12(2)6-7-13(3)8-9(16)14(4)10(17)15(5)11-8/h6-7H2,1-5H3. The summed E-state index contributed by atoms with van der Waals surface area (Å²) in [5.74, 6) is 0.288. The molecule has 0 unspecified atom stereocenters. The molecule has 96 valence electrons. The van der Waals surface area contributed by atoms with Gasteiger partial charge in [0.05, 0.1) is 0 Å². The maximum Gasteiger partial charge on any atom is 0.346 e. The van der Waals surface area contributed by atoms with E-state index in [2.05, 4.69) is 5.10 Å². The van der Waals surface area contributed by atoms with Gasteiger partial charge >= 0.3 is 5.69 Å². The number of aryl methyl sites for hydroxylation is 1. The van der Waals surface area contributed by atoms with E-state index in [1.165, 1.54) is 18.8 Å². The lowest BCUT2D eigenvalue weighted by Gasteiger charge is -2.20. The van der Waals surface area contributed by atoms with Crippen molar-refractivity contribution in [3.8, 4) is 0 Å². The summed E-state index contributed by atoms with van der Waals surface area (Å²) in [5, 5.41) is 3.99. The summed E-state index contributed by atoms with van der Waals surface area (Å²) in [6.45, 7) is 1.48. The Balaban J connectivity index is 3.07. The Morgan fingerprint density at radius 3 is 2.24 bits per heavy atom. The second kappa shape index (κ2) is 5.13. The molecule has 7 heteroatoms. The molecule has 0 saturated carbocycles. The lowest BCUT2D eigenvalue weighted by Crippen LogP contribution is -2.43. The number of likely N-dealkylation sites (N-methyl/N-ethyl adjacent to an activating group) is 2. The van der Waals surface area contributed by atoms with Gasteiger partial charge < -0.3 is 9.80 Å². The summed E-state index contributed by atoms with van der Waals surface area (Å²) < 4.78 is 2.23. The quantitative estimate of drug-likeness (QED) is 0.640. The molecule has 0 bridgehead atoms. The third-order valence-electron chi connectivity index (χ3n) is 2.55. The van der Waals surface area contributed by atoms with Crippen molar-refractivity contribution in [3.05, 3.63) is 20.8 Å². The minimum absolute atomic E-state index is 0.288. The van der Waals surface area contributed by atoms with Gasteiger partial charge in [0.1, 0.15) is 0 Å². The molecule has 1 aromatic heterocycles. The van der Waals surface area contributed by atoms with Gasteiger partial charge in [0.15, 0.2) is 0 Å². The Bertz CT molecular complexity index is 502. The van der Waals surface area contributed by atoms with E-state index in [0.29, 0.717) is 6.54 Å². The molecule has 0 aliphatic rings. The summed E-state index contributed by atoms with van der Waals surface area (Å²) in [6, 6.07) is 0. The van der Waals surface area contributed by atoms with Gasteiger partial charge in [-0.15, -0.1) is 5.10 Å². The van der Waals surface area contributed by atoms with E-state index in [-0.39, 0.29) is 11.4 Å². The number of rotatable bonds is 4. The van der Waals surface area contributed by atoms with Crippen molar-refractivity contribution in [1.29, 1.82) is 0 Å². The highest BCUT2D eigenvalue weighted by molar-refractivity contribution is 5.33. The summed E-state index contributed by atoms with van der Waals surface area (Å²) in [6.07, 6.45) is 0. The van der Waals surface area contributed by atoms with Crippen LogP contribution in [-0.2, 0) is 14.1 Å². The van der Waals surface area contributed by atoms with Gasteiger partial charge in [-0.25, -0.2) is 9.48 Å². The predicted octanol–water partition coefficient (Wildman–Crippen LogP) is -1.52. The lowest BCUT2D eigenvalue weighted by atomic mass is 10.5. The minimum atomic E-state index is -0.417. The molecule has 0 N–H and O–H groups in total. The number of hydrogen-bond donors (Lipinski definition) is 0. The van der Waals surface area contributed by atoms with Crippen LogP contribution in [0.3, 0.4) is 0 Å². The average molecular weight is 241 g/mol. The van der Waals surface area contributed by atoms with E-state index in [0.717, 1.165) is 11.1 Å². The molecule has 1 heterocycles. The second-order valence-electron chi connectivity index (χ2n) is 4.32. The molecule has 0 radical (unpaired) electrons. The summed E-state index contributed by atoms with van der Waals surface area (Å²) >= 11 is 0. The van der Waals surface area contributed by atoms with Crippen LogP contribution in [0, 0.1) is 0 Å². The fourth-order valence-electron chi connectivity index (χ4n) is 1.38. The van der Waals surface area contributed by atoms with Crippen molar-refractivity contribution < 1.29 is 0 Å². The molecule has 0 aromatic carbocycles. The molecule has 0 spiro atoms. The number of aromatic nitrogens is 3. The predicted molar refractivity (Wildman–Crippen MR) is 66.5 cm³/mol. The third kappa shape index (κ3) is 2.94. The molecular formula is C10H19N5O2. The highest BCUT2D eigenvalue weighted by Crippen LogP contribution is 1.97. The monoisotopic (exact) mass is 241 g/mol. The van der Waals surface area contributed by atoms with Crippen LogP contribution in [0.15, 0.2) is 9.59 Å². The molecular weight excluding hydrogens is 222 g/mol. The molecule has 1 aromatic rings. The van der Waals surface area contributed by atoms with Crippen molar-refractivity contribution in [2.75, 3.05) is 39.1 Å².